The van der Waals surface area contributed by atoms with Gasteiger partial charge in [0.1, 0.15) is 0 Å². The molecule has 0 atom stereocenters. The van der Waals surface area contributed by atoms with Crippen molar-refractivity contribution in [3.8, 4) is 11.5 Å². The van der Waals surface area contributed by atoms with E-state index < -0.39 is 11.9 Å². The normalized spacial score (nSPS) is 10.4. The minimum Gasteiger partial charge on any atom is -0.493 e. The summed E-state index contributed by atoms with van der Waals surface area (Å²) in [4.78, 5) is 23.4. The maximum Gasteiger partial charge on any atom is 0.337 e. The summed E-state index contributed by atoms with van der Waals surface area (Å²) in [5, 5.41) is 11.9. The van der Waals surface area contributed by atoms with Crippen LogP contribution in [0.3, 0.4) is 0 Å². The molecule has 0 aliphatic heterocycles. The van der Waals surface area contributed by atoms with E-state index in [0.29, 0.717) is 5.75 Å². The lowest BCUT2D eigenvalue weighted by Gasteiger charge is -2.13. The second-order valence-electron chi connectivity index (χ2n) is 4.79. The first kappa shape index (κ1) is 17.1. The predicted molar refractivity (Wildman–Crippen MR) is 90.6 cm³/mol. The van der Waals surface area contributed by atoms with Crippen LogP contribution in [-0.4, -0.2) is 31.2 Å². The smallest absolute Gasteiger partial charge is 0.337 e. The number of anilines is 1. The molecule has 24 heavy (non-hydrogen) atoms. The van der Waals surface area contributed by atoms with Crippen molar-refractivity contribution in [3.63, 3.8) is 0 Å². The fourth-order valence-electron chi connectivity index (χ4n) is 2.07. The molecular formula is C18H17NO5. The van der Waals surface area contributed by atoms with Crippen molar-refractivity contribution in [2.75, 3.05) is 19.5 Å². The number of aromatic carboxylic acids is 1. The number of carboxylic acid groups (broad SMARTS) is 1. The molecule has 0 bridgehead atoms. The fourth-order valence-corrected chi connectivity index (χ4v) is 2.07. The fraction of sp³-hybridized carbons (Fsp3) is 0.111. The zero-order valence-corrected chi connectivity index (χ0v) is 13.3. The highest BCUT2D eigenvalue weighted by Crippen LogP contribution is 2.33. The largest absolute Gasteiger partial charge is 0.493 e. The first-order valence-electron chi connectivity index (χ1n) is 7.08. The van der Waals surface area contributed by atoms with Gasteiger partial charge >= 0.3 is 5.97 Å². The number of carbonyl (C=O) groups is 2. The highest BCUT2D eigenvalue weighted by molar-refractivity contribution is 6.06. The maximum absolute atomic E-state index is 12.1. The van der Waals surface area contributed by atoms with Crippen molar-refractivity contribution in [2.24, 2.45) is 0 Å². The molecule has 1 amide bonds. The lowest BCUT2D eigenvalue weighted by Crippen LogP contribution is -2.12. The predicted octanol–water partition coefficient (Wildman–Crippen LogP) is 3.05. The van der Waals surface area contributed by atoms with E-state index in [0.717, 1.165) is 5.56 Å². The van der Waals surface area contributed by atoms with Crippen LogP contribution in [0.1, 0.15) is 15.9 Å². The lowest BCUT2D eigenvalue weighted by atomic mass is 10.1. The summed E-state index contributed by atoms with van der Waals surface area (Å²) < 4.78 is 10.2. The van der Waals surface area contributed by atoms with Crippen LogP contribution in [0.4, 0.5) is 5.69 Å². The van der Waals surface area contributed by atoms with Crippen molar-refractivity contribution in [1.82, 2.24) is 0 Å². The second kappa shape index (κ2) is 7.82. The van der Waals surface area contributed by atoms with Crippen LogP contribution >= 0.6 is 0 Å². The zero-order valence-electron chi connectivity index (χ0n) is 13.3. The number of hydrogen-bond donors (Lipinski definition) is 2. The van der Waals surface area contributed by atoms with E-state index in [4.69, 9.17) is 9.47 Å². The molecule has 6 heteroatoms. The molecule has 0 saturated carbocycles. The van der Waals surface area contributed by atoms with Gasteiger partial charge in [0, 0.05) is 18.2 Å². The van der Waals surface area contributed by atoms with E-state index in [-0.39, 0.29) is 17.0 Å². The third-order valence-electron chi connectivity index (χ3n) is 3.24. The van der Waals surface area contributed by atoms with Gasteiger partial charge in [0.15, 0.2) is 11.5 Å². The molecule has 2 rings (SSSR count). The van der Waals surface area contributed by atoms with Crippen LogP contribution < -0.4 is 14.8 Å². The van der Waals surface area contributed by atoms with E-state index in [2.05, 4.69) is 5.32 Å². The first-order chi connectivity index (χ1) is 11.5. The molecule has 0 radical (unpaired) electrons. The molecule has 0 aliphatic rings. The number of amides is 1. The van der Waals surface area contributed by atoms with Gasteiger partial charge in [-0.15, -0.1) is 0 Å². The molecule has 2 N–H and O–H groups in total. The monoisotopic (exact) mass is 327 g/mol. The lowest BCUT2D eigenvalue weighted by molar-refractivity contribution is -0.111. The molecule has 0 saturated heterocycles. The standard InChI is InChI=1S/C18H17NO5/c1-23-15-10-13(18(21)22)14(11-16(15)24-2)19-17(20)9-8-12-6-4-3-5-7-12/h3-11H,1-2H3,(H,19,20)(H,21,22)/b9-8+. The number of carbonyl (C=O) groups excluding carboxylic acids is 1. The van der Waals surface area contributed by atoms with E-state index in [9.17, 15) is 14.7 Å². The molecule has 0 aromatic heterocycles. The molecule has 0 heterocycles. The van der Waals surface area contributed by atoms with Crippen LogP contribution in [0, 0.1) is 0 Å². The number of hydrogen-bond acceptors (Lipinski definition) is 4. The molecular weight excluding hydrogens is 310 g/mol. The summed E-state index contributed by atoms with van der Waals surface area (Å²) in [6, 6.07) is 12.0. The number of methoxy groups -OCH3 is 2. The Morgan fingerprint density at radius 3 is 2.25 bits per heavy atom. The number of nitrogens with one attached hydrogen (secondary N) is 1. The van der Waals surface area contributed by atoms with Gasteiger partial charge in [-0.3, -0.25) is 4.79 Å². The molecule has 0 unspecified atom stereocenters. The van der Waals surface area contributed by atoms with Crippen molar-refractivity contribution in [3.05, 3.63) is 59.7 Å². The number of rotatable bonds is 6. The Labute approximate surface area is 139 Å². The number of carboxylic acids is 1. The Bertz CT molecular complexity index is 768. The van der Waals surface area contributed by atoms with Crippen molar-refractivity contribution in [1.29, 1.82) is 0 Å². The summed E-state index contributed by atoms with van der Waals surface area (Å²) in [6.45, 7) is 0. The van der Waals surface area contributed by atoms with E-state index in [1.54, 1.807) is 6.08 Å². The van der Waals surface area contributed by atoms with Crippen molar-refractivity contribution < 1.29 is 24.2 Å². The van der Waals surface area contributed by atoms with Crippen molar-refractivity contribution in [2.45, 2.75) is 0 Å². The number of benzene rings is 2. The highest BCUT2D eigenvalue weighted by atomic mass is 16.5. The molecule has 2 aromatic rings. The Kier molecular flexibility index (Phi) is 5.57. The third kappa shape index (κ3) is 4.13. The third-order valence-corrected chi connectivity index (χ3v) is 3.24. The Morgan fingerprint density at radius 1 is 1.04 bits per heavy atom. The number of ether oxygens (including phenoxy) is 2. The average molecular weight is 327 g/mol. The van der Waals surface area contributed by atoms with Gasteiger partial charge in [0.25, 0.3) is 0 Å². The topological polar surface area (TPSA) is 84.9 Å². The molecule has 6 nitrogen and oxygen atoms in total. The quantitative estimate of drug-likeness (QED) is 0.797. The summed E-state index contributed by atoms with van der Waals surface area (Å²) in [5.74, 6) is -1.04. The van der Waals surface area contributed by atoms with E-state index >= 15 is 0 Å². The summed E-state index contributed by atoms with van der Waals surface area (Å²) in [6.07, 6.45) is 2.97. The van der Waals surface area contributed by atoms with Crippen LogP contribution in [0.2, 0.25) is 0 Å². The molecule has 0 spiro atoms. The van der Waals surface area contributed by atoms with E-state index in [1.165, 1.54) is 32.4 Å². The van der Waals surface area contributed by atoms with Gasteiger partial charge in [0.05, 0.1) is 25.5 Å². The Balaban J connectivity index is 2.26. The zero-order chi connectivity index (χ0) is 17.5. The molecule has 0 aliphatic carbocycles. The maximum atomic E-state index is 12.1. The van der Waals surface area contributed by atoms with E-state index in [1.807, 2.05) is 30.3 Å². The van der Waals surface area contributed by atoms with Gasteiger partial charge in [-0.1, -0.05) is 30.3 Å². The second-order valence-corrected chi connectivity index (χ2v) is 4.79. The van der Waals surface area contributed by atoms with Crippen LogP contribution in [-0.2, 0) is 4.79 Å². The highest BCUT2D eigenvalue weighted by Gasteiger charge is 2.17. The molecule has 0 fully saturated rings. The summed E-state index contributed by atoms with van der Waals surface area (Å²) in [7, 11) is 2.84. The molecule has 124 valence electrons. The van der Waals surface area contributed by atoms with Gasteiger partial charge in [-0.05, 0) is 11.6 Å². The molecule has 2 aromatic carbocycles. The Morgan fingerprint density at radius 2 is 1.67 bits per heavy atom. The van der Waals surface area contributed by atoms with Crippen LogP contribution in [0.15, 0.2) is 48.5 Å². The minimum absolute atomic E-state index is 0.0888. The SMILES string of the molecule is COc1cc(NC(=O)/C=C/c2ccccc2)c(C(=O)O)cc1OC. The average Bonchev–Trinajstić information content (AvgIpc) is 2.60. The Hall–Kier alpha value is -3.28. The first-order valence-corrected chi connectivity index (χ1v) is 7.08. The summed E-state index contributed by atoms with van der Waals surface area (Å²) in [5.41, 5.74) is 0.899. The summed E-state index contributed by atoms with van der Waals surface area (Å²) >= 11 is 0. The van der Waals surface area contributed by atoms with Crippen LogP contribution in [0.5, 0.6) is 11.5 Å². The van der Waals surface area contributed by atoms with Gasteiger partial charge in [-0.2, -0.15) is 0 Å². The van der Waals surface area contributed by atoms with Crippen molar-refractivity contribution >= 4 is 23.6 Å². The van der Waals surface area contributed by atoms with Gasteiger partial charge in [0.2, 0.25) is 5.91 Å². The minimum atomic E-state index is -1.18. The van der Waals surface area contributed by atoms with Gasteiger partial charge < -0.3 is 19.9 Å². The van der Waals surface area contributed by atoms with Crippen LogP contribution in [0.25, 0.3) is 6.08 Å². The van der Waals surface area contributed by atoms with Gasteiger partial charge in [-0.25, -0.2) is 4.79 Å².